The fourth-order valence-electron chi connectivity index (χ4n) is 1.71. The third-order valence-electron chi connectivity index (χ3n) is 2.77. The molecule has 0 saturated heterocycles. The molecule has 1 aromatic heterocycles. The first-order valence-corrected chi connectivity index (χ1v) is 8.14. The Morgan fingerprint density at radius 1 is 1.33 bits per heavy atom. The van der Waals surface area contributed by atoms with Crippen molar-refractivity contribution in [1.29, 1.82) is 0 Å². The quantitative estimate of drug-likeness (QED) is 0.762. The number of rotatable bonds is 6. The van der Waals surface area contributed by atoms with Crippen LogP contribution in [0.1, 0.15) is 12.6 Å². The van der Waals surface area contributed by atoms with Crippen LogP contribution in [0.4, 0.5) is 10.1 Å². The molecule has 1 heterocycles. The molecule has 1 aromatic carbocycles. The molecule has 21 heavy (non-hydrogen) atoms. The number of anilines is 1. The monoisotopic (exact) mass is 331 g/mol. The molecule has 0 aliphatic rings. The first-order valence-electron chi connectivity index (χ1n) is 6.28. The zero-order chi connectivity index (χ0) is 15.5. The minimum atomic E-state index is -3.77. The first-order chi connectivity index (χ1) is 9.92. The van der Waals surface area contributed by atoms with E-state index >= 15 is 0 Å². The molecule has 0 saturated carbocycles. The highest BCUT2D eigenvalue weighted by molar-refractivity contribution is 7.92. The molecule has 0 atom stereocenters. The summed E-state index contributed by atoms with van der Waals surface area (Å²) in [5, 5.41) is 3.09. The standard InChI is InChI=1S/C13H15ClFN3O2S/c1-2-16-7-10-6-11(8-17-10)21(19,20)18-13-4-3-9(15)5-12(13)14/h3-6,8,16-18H,2,7H2,1H3. The van der Waals surface area contributed by atoms with E-state index in [9.17, 15) is 12.8 Å². The molecule has 0 aliphatic carbocycles. The maximum absolute atomic E-state index is 13.0. The van der Waals surface area contributed by atoms with E-state index in [4.69, 9.17) is 11.6 Å². The van der Waals surface area contributed by atoms with Crippen LogP contribution in [0.3, 0.4) is 0 Å². The predicted molar refractivity (Wildman–Crippen MR) is 80.4 cm³/mol. The number of aromatic nitrogens is 1. The SMILES string of the molecule is CCNCc1cc(S(=O)(=O)Nc2ccc(F)cc2Cl)c[nH]1. The molecule has 2 rings (SSSR count). The summed E-state index contributed by atoms with van der Waals surface area (Å²) in [5.74, 6) is -0.530. The Balaban J connectivity index is 2.19. The molecule has 0 radical (unpaired) electrons. The third kappa shape index (κ3) is 3.96. The van der Waals surface area contributed by atoms with E-state index in [1.54, 1.807) is 0 Å². The lowest BCUT2D eigenvalue weighted by atomic mass is 10.3. The molecule has 5 nitrogen and oxygen atoms in total. The highest BCUT2D eigenvalue weighted by atomic mass is 35.5. The summed E-state index contributed by atoms with van der Waals surface area (Å²) in [7, 11) is -3.77. The summed E-state index contributed by atoms with van der Waals surface area (Å²) in [4.78, 5) is 2.97. The molecule has 3 N–H and O–H groups in total. The van der Waals surface area contributed by atoms with Crippen LogP contribution in [0.15, 0.2) is 35.4 Å². The molecule has 114 valence electrons. The minimum absolute atomic E-state index is 0.00184. The summed E-state index contributed by atoms with van der Waals surface area (Å²) in [6, 6.07) is 4.99. The minimum Gasteiger partial charge on any atom is -0.363 e. The number of aromatic amines is 1. The Hall–Kier alpha value is -1.57. The third-order valence-corrected chi connectivity index (χ3v) is 4.43. The maximum atomic E-state index is 13.0. The van der Waals surface area contributed by atoms with Gasteiger partial charge in [0, 0.05) is 18.4 Å². The van der Waals surface area contributed by atoms with Gasteiger partial charge in [0.15, 0.2) is 0 Å². The Bertz CT molecular complexity index is 731. The van der Waals surface area contributed by atoms with Crippen LogP contribution >= 0.6 is 11.6 Å². The van der Waals surface area contributed by atoms with E-state index < -0.39 is 15.8 Å². The predicted octanol–water partition coefficient (Wildman–Crippen LogP) is 2.72. The van der Waals surface area contributed by atoms with Gasteiger partial charge in [-0.15, -0.1) is 0 Å². The second-order valence-electron chi connectivity index (χ2n) is 4.37. The molecule has 0 aliphatic heterocycles. The lowest BCUT2D eigenvalue weighted by Crippen LogP contribution is -2.13. The lowest BCUT2D eigenvalue weighted by molar-refractivity contribution is 0.601. The van der Waals surface area contributed by atoms with Crippen molar-refractivity contribution in [2.45, 2.75) is 18.4 Å². The Kier molecular flexibility index (Phi) is 4.87. The molecule has 0 fully saturated rings. The number of benzene rings is 1. The summed E-state index contributed by atoms with van der Waals surface area (Å²) < 4.78 is 39.7. The molecule has 8 heteroatoms. The van der Waals surface area contributed by atoms with E-state index in [1.165, 1.54) is 18.3 Å². The summed E-state index contributed by atoms with van der Waals surface area (Å²) in [6.45, 7) is 3.28. The highest BCUT2D eigenvalue weighted by Crippen LogP contribution is 2.25. The second kappa shape index (κ2) is 6.46. The first kappa shape index (κ1) is 15.8. The van der Waals surface area contributed by atoms with E-state index in [-0.39, 0.29) is 15.6 Å². The van der Waals surface area contributed by atoms with Crippen molar-refractivity contribution in [3.05, 3.63) is 47.0 Å². The summed E-state index contributed by atoms with van der Waals surface area (Å²) in [5.41, 5.74) is 0.884. The topological polar surface area (TPSA) is 74.0 Å². The van der Waals surface area contributed by atoms with Crippen molar-refractivity contribution < 1.29 is 12.8 Å². The van der Waals surface area contributed by atoms with Crippen LogP contribution in [-0.4, -0.2) is 19.9 Å². The van der Waals surface area contributed by atoms with Crippen LogP contribution in [0.5, 0.6) is 0 Å². The molecule has 0 bridgehead atoms. The van der Waals surface area contributed by atoms with Gasteiger partial charge in [-0.1, -0.05) is 18.5 Å². The Labute approximate surface area is 127 Å². The lowest BCUT2D eigenvalue weighted by Gasteiger charge is -2.08. The van der Waals surface area contributed by atoms with Crippen LogP contribution in [-0.2, 0) is 16.6 Å². The van der Waals surface area contributed by atoms with Crippen molar-refractivity contribution in [1.82, 2.24) is 10.3 Å². The van der Waals surface area contributed by atoms with E-state index in [2.05, 4.69) is 15.0 Å². The Morgan fingerprint density at radius 2 is 2.10 bits per heavy atom. The fraction of sp³-hybridized carbons (Fsp3) is 0.231. The van der Waals surface area contributed by atoms with Gasteiger partial charge in [0.25, 0.3) is 10.0 Å². The number of hydrogen-bond donors (Lipinski definition) is 3. The van der Waals surface area contributed by atoms with Crippen molar-refractivity contribution in [2.24, 2.45) is 0 Å². The number of hydrogen-bond acceptors (Lipinski definition) is 3. The summed E-state index contributed by atoms with van der Waals surface area (Å²) in [6.07, 6.45) is 1.40. The number of halogens is 2. The van der Waals surface area contributed by atoms with Crippen molar-refractivity contribution in [3.63, 3.8) is 0 Å². The van der Waals surface area contributed by atoms with Crippen molar-refractivity contribution in [3.8, 4) is 0 Å². The van der Waals surface area contributed by atoms with Crippen LogP contribution in [0.25, 0.3) is 0 Å². The summed E-state index contributed by atoms with van der Waals surface area (Å²) >= 11 is 5.81. The molecule has 0 unspecified atom stereocenters. The number of sulfonamides is 1. The van der Waals surface area contributed by atoms with E-state index in [1.807, 2.05) is 6.92 Å². The van der Waals surface area contributed by atoms with E-state index in [0.29, 0.717) is 6.54 Å². The van der Waals surface area contributed by atoms with Gasteiger partial charge in [-0.05, 0) is 30.8 Å². The van der Waals surface area contributed by atoms with Crippen molar-refractivity contribution in [2.75, 3.05) is 11.3 Å². The van der Waals surface area contributed by atoms with Crippen molar-refractivity contribution >= 4 is 27.3 Å². The molecular weight excluding hydrogens is 317 g/mol. The molecular formula is C13H15ClFN3O2S. The number of nitrogens with one attached hydrogen (secondary N) is 3. The van der Waals surface area contributed by atoms with Gasteiger partial charge in [0.1, 0.15) is 10.7 Å². The van der Waals surface area contributed by atoms with Gasteiger partial charge in [-0.2, -0.15) is 0 Å². The zero-order valence-corrected chi connectivity index (χ0v) is 12.9. The molecule has 0 spiro atoms. The molecule has 0 amide bonds. The van der Waals surface area contributed by atoms with Crippen LogP contribution < -0.4 is 10.0 Å². The van der Waals surface area contributed by atoms with E-state index in [0.717, 1.165) is 24.4 Å². The Morgan fingerprint density at radius 3 is 2.76 bits per heavy atom. The normalized spacial score (nSPS) is 11.6. The highest BCUT2D eigenvalue weighted by Gasteiger charge is 2.17. The van der Waals surface area contributed by atoms with Gasteiger partial charge in [0.2, 0.25) is 0 Å². The average Bonchev–Trinajstić information content (AvgIpc) is 2.89. The van der Waals surface area contributed by atoms with Gasteiger partial charge in [-0.25, -0.2) is 12.8 Å². The van der Waals surface area contributed by atoms with Crippen LogP contribution in [0.2, 0.25) is 5.02 Å². The second-order valence-corrected chi connectivity index (χ2v) is 6.46. The van der Waals surface area contributed by atoms with Gasteiger partial charge >= 0.3 is 0 Å². The molecule has 2 aromatic rings. The van der Waals surface area contributed by atoms with Gasteiger partial charge in [0.05, 0.1) is 10.7 Å². The largest absolute Gasteiger partial charge is 0.363 e. The smallest absolute Gasteiger partial charge is 0.263 e. The van der Waals surface area contributed by atoms with Gasteiger partial charge < -0.3 is 10.3 Å². The maximum Gasteiger partial charge on any atom is 0.263 e. The average molecular weight is 332 g/mol. The zero-order valence-electron chi connectivity index (χ0n) is 11.3. The van der Waals surface area contributed by atoms with Crippen LogP contribution in [0, 0.1) is 5.82 Å². The van der Waals surface area contributed by atoms with Gasteiger partial charge in [-0.3, -0.25) is 4.72 Å². The number of H-pyrrole nitrogens is 1. The fourth-order valence-corrected chi connectivity index (χ4v) is 3.08.